The molecule has 2 N–H and O–H groups in total. The van der Waals surface area contributed by atoms with Crippen LogP contribution < -0.4 is 5.32 Å². The van der Waals surface area contributed by atoms with E-state index in [9.17, 15) is 13.5 Å². The van der Waals surface area contributed by atoms with Crippen molar-refractivity contribution in [2.75, 3.05) is 31.9 Å². The lowest BCUT2D eigenvalue weighted by Gasteiger charge is -2.45. The van der Waals surface area contributed by atoms with E-state index in [1.54, 1.807) is 19.1 Å². The van der Waals surface area contributed by atoms with E-state index in [0.717, 1.165) is 32.1 Å². The van der Waals surface area contributed by atoms with Crippen molar-refractivity contribution in [1.82, 2.24) is 10.2 Å². The van der Waals surface area contributed by atoms with Crippen LogP contribution >= 0.6 is 0 Å². The molecule has 0 radical (unpaired) electrons. The third-order valence-corrected chi connectivity index (χ3v) is 8.33. The number of nitrogens with zero attached hydrogens (tertiary/aromatic N) is 2. The van der Waals surface area contributed by atoms with Crippen LogP contribution in [0.2, 0.25) is 0 Å². The maximum atomic E-state index is 12.8. The summed E-state index contributed by atoms with van der Waals surface area (Å²) in [5.74, 6) is 1.28. The van der Waals surface area contributed by atoms with Gasteiger partial charge >= 0.3 is 0 Å². The average Bonchev–Trinajstić information content (AvgIpc) is 3.18. The Hall–Kier alpha value is -1.54. The van der Waals surface area contributed by atoms with Gasteiger partial charge in [0.15, 0.2) is 15.8 Å². The van der Waals surface area contributed by atoms with Crippen LogP contribution in [0.25, 0.3) is 0 Å². The molecule has 1 aromatic heterocycles. The van der Waals surface area contributed by atoms with Crippen LogP contribution in [-0.2, 0) is 15.4 Å². The van der Waals surface area contributed by atoms with Gasteiger partial charge in [-0.1, -0.05) is 19.3 Å². The number of rotatable bonds is 4. The standard InChI is InChI=1S/C19H31N3O4S/c1-3-20-17(21-14-18(2,23)16-8-7-12-26-16)22-11-13-27(24,25)19(15-22)9-5-4-6-10-19/h7-8,12,23H,3-6,9-11,13-15H2,1-2H3,(H,20,21). The van der Waals surface area contributed by atoms with Crippen molar-refractivity contribution in [3.63, 3.8) is 0 Å². The number of hydrogen-bond donors (Lipinski definition) is 2. The first-order chi connectivity index (χ1) is 12.8. The summed E-state index contributed by atoms with van der Waals surface area (Å²) in [6.07, 6.45) is 6.03. The van der Waals surface area contributed by atoms with Crippen molar-refractivity contribution in [1.29, 1.82) is 0 Å². The monoisotopic (exact) mass is 397 g/mol. The van der Waals surface area contributed by atoms with E-state index in [-0.39, 0.29) is 12.3 Å². The Balaban J connectivity index is 1.80. The van der Waals surface area contributed by atoms with Crippen molar-refractivity contribution in [3.05, 3.63) is 24.2 Å². The molecule has 0 bridgehead atoms. The van der Waals surface area contributed by atoms with Crippen LogP contribution in [0, 0.1) is 0 Å². The van der Waals surface area contributed by atoms with Gasteiger partial charge in [0.2, 0.25) is 0 Å². The summed E-state index contributed by atoms with van der Waals surface area (Å²) in [5.41, 5.74) is -1.21. The maximum Gasteiger partial charge on any atom is 0.194 e. The molecule has 2 fully saturated rings. The predicted molar refractivity (Wildman–Crippen MR) is 105 cm³/mol. The molecule has 1 atom stereocenters. The first-order valence-corrected chi connectivity index (χ1v) is 11.5. The number of aliphatic hydroxyl groups is 1. The lowest BCUT2D eigenvalue weighted by atomic mass is 9.87. The summed E-state index contributed by atoms with van der Waals surface area (Å²) in [5, 5.41) is 13.9. The number of nitrogens with one attached hydrogen (secondary N) is 1. The van der Waals surface area contributed by atoms with Crippen molar-refractivity contribution >= 4 is 15.8 Å². The van der Waals surface area contributed by atoms with E-state index in [4.69, 9.17) is 4.42 Å². The molecule has 7 nitrogen and oxygen atoms in total. The molecule has 1 aliphatic heterocycles. The molecule has 1 unspecified atom stereocenters. The normalized spacial score (nSPS) is 24.6. The summed E-state index contributed by atoms with van der Waals surface area (Å²) >= 11 is 0. The summed E-state index contributed by atoms with van der Waals surface area (Å²) < 4.78 is 30.3. The Morgan fingerprint density at radius 1 is 1.41 bits per heavy atom. The van der Waals surface area contributed by atoms with Crippen molar-refractivity contribution in [2.24, 2.45) is 4.99 Å². The summed E-state index contributed by atoms with van der Waals surface area (Å²) in [7, 11) is -3.10. The van der Waals surface area contributed by atoms with Gasteiger partial charge in [-0.3, -0.25) is 0 Å². The van der Waals surface area contributed by atoms with E-state index in [0.29, 0.717) is 31.4 Å². The Labute approximate surface area is 161 Å². The molecule has 0 aromatic carbocycles. The molecule has 1 saturated carbocycles. The third kappa shape index (κ3) is 4.16. The molecular weight excluding hydrogens is 366 g/mol. The Morgan fingerprint density at radius 3 is 2.78 bits per heavy atom. The Bertz CT molecular complexity index is 750. The smallest absolute Gasteiger partial charge is 0.194 e. The first-order valence-electron chi connectivity index (χ1n) is 9.82. The molecule has 1 aromatic rings. The van der Waals surface area contributed by atoms with Gasteiger partial charge < -0.3 is 19.7 Å². The minimum absolute atomic E-state index is 0.138. The molecule has 27 heavy (non-hydrogen) atoms. The number of hydrogen-bond acceptors (Lipinski definition) is 5. The highest BCUT2D eigenvalue weighted by atomic mass is 32.2. The van der Waals surface area contributed by atoms with Gasteiger partial charge in [-0.25, -0.2) is 13.4 Å². The van der Waals surface area contributed by atoms with Crippen molar-refractivity contribution < 1.29 is 17.9 Å². The highest BCUT2D eigenvalue weighted by molar-refractivity contribution is 7.92. The summed E-state index contributed by atoms with van der Waals surface area (Å²) in [6, 6.07) is 3.47. The second kappa shape index (κ2) is 7.83. The van der Waals surface area contributed by atoms with Crippen LogP contribution in [0.5, 0.6) is 0 Å². The molecule has 2 aliphatic rings. The first kappa shape index (κ1) is 20.2. The van der Waals surface area contributed by atoms with Crippen LogP contribution in [0.4, 0.5) is 0 Å². The molecular formula is C19H31N3O4S. The predicted octanol–water partition coefficient (Wildman–Crippen LogP) is 1.89. The van der Waals surface area contributed by atoms with E-state index in [2.05, 4.69) is 10.3 Å². The summed E-state index contributed by atoms with van der Waals surface area (Å²) in [6.45, 7) is 5.37. The molecule has 1 spiro atoms. The van der Waals surface area contributed by atoms with Crippen LogP contribution in [0.3, 0.4) is 0 Å². The lowest BCUT2D eigenvalue weighted by Crippen LogP contribution is -2.60. The quantitative estimate of drug-likeness (QED) is 0.595. The van der Waals surface area contributed by atoms with Gasteiger partial charge in [0, 0.05) is 19.6 Å². The largest absolute Gasteiger partial charge is 0.466 e. The second-order valence-electron chi connectivity index (χ2n) is 7.91. The van der Waals surface area contributed by atoms with Gasteiger partial charge in [0.05, 0.1) is 23.3 Å². The van der Waals surface area contributed by atoms with E-state index in [1.165, 1.54) is 6.26 Å². The fourth-order valence-electron chi connectivity index (χ4n) is 4.14. The van der Waals surface area contributed by atoms with Gasteiger partial charge in [0.1, 0.15) is 11.4 Å². The lowest BCUT2D eigenvalue weighted by molar-refractivity contribution is 0.0434. The molecule has 0 amide bonds. The van der Waals surface area contributed by atoms with Crippen molar-refractivity contribution in [2.45, 2.75) is 56.3 Å². The molecule has 152 valence electrons. The van der Waals surface area contributed by atoms with Crippen LogP contribution in [0.15, 0.2) is 27.8 Å². The van der Waals surface area contributed by atoms with Crippen molar-refractivity contribution in [3.8, 4) is 0 Å². The van der Waals surface area contributed by atoms with Crippen LogP contribution in [-0.4, -0.2) is 61.1 Å². The number of furan rings is 1. The topological polar surface area (TPSA) is 95.1 Å². The fraction of sp³-hybridized carbons (Fsp3) is 0.737. The Kier molecular flexibility index (Phi) is 5.86. The zero-order chi connectivity index (χ0) is 19.5. The van der Waals surface area contributed by atoms with E-state index in [1.807, 2.05) is 11.8 Å². The minimum Gasteiger partial charge on any atom is -0.466 e. The zero-order valence-electron chi connectivity index (χ0n) is 16.3. The number of sulfone groups is 1. The zero-order valence-corrected chi connectivity index (χ0v) is 17.1. The molecule has 3 rings (SSSR count). The van der Waals surface area contributed by atoms with E-state index >= 15 is 0 Å². The molecule has 8 heteroatoms. The Morgan fingerprint density at radius 2 is 2.15 bits per heavy atom. The summed E-state index contributed by atoms with van der Waals surface area (Å²) in [4.78, 5) is 6.67. The second-order valence-corrected chi connectivity index (χ2v) is 10.4. The number of guanidine groups is 1. The third-order valence-electron chi connectivity index (χ3n) is 5.76. The van der Waals surface area contributed by atoms with E-state index < -0.39 is 20.2 Å². The van der Waals surface area contributed by atoms with Gasteiger partial charge in [-0.15, -0.1) is 0 Å². The highest BCUT2D eigenvalue weighted by Gasteiger charge is 2.48. The fourth-order valence-corrected chi connectivity index (χ4v) is 6.29. The van der Waals surface area contributed by atoms with Gasteiger partial charge in [-0.05, 0) is 38.8 Å². The number of aliphatic imine (C=N–C) groups is 1. The highest BCUT2D eigenvalue weighted by Crippen LogP contribution is 2.38. The average molecular weight is 398 g/mol. The minimum atomic E-state index is -3.10. The molecule has 1 aliphatic carbocycles. The van der Waals surface area contributed by atoms with Crippen LogP contribution in [0.1, 0.15) is 51.7 Å². The molecule has 2 heterocycles. The maximum absolute atomic E-state index is 12.8. The van der Waals surface area contributed by atoms with Gasteiger partial charge in [-0.2, -0.15) is 0 Å². The SMILES string of the molecule is CCNC(=NCC(C)(O)c1ccco1)N1CCS(=O)(=O)C2(CCCCC2)C1. The van der Waals surface area contributed by atoms with Gasteiger partial charge in [0.25, 0.3) is 0 Å². The molecule has 1 saturated heterocycles.